The van der Waals surface area contributed by atoms with Crippen LogP contribution in [0.5, 0.6) is 0 Å². The maximum absolute atomic E-state index is 11.7. The van der Waals surface area contributed by atoms with Crippen LogP contribution in [0.1, 0.15) is 13.8 Å². The molecule has 2 rings (SSSR count). The first-order valence-electron chi connectivity index (χ1n) is 5.14. The van der Waals surface area contributed by atoms with Gasteiger partial charge in [-0.2, -0.15) is 0 Å². The zero-order chi connectivity index (χ0) is 10.8. The summed E-state index contributed by atoms with van der Waals surface area (Å²) in [6.45, 7) is 5.64. The van der Waals surface area contributed by atoms with Gasteiger partial charge >= 0.3 is 4.87 Å². The largest absolute Gasteiger partial charge is 0.384 e. The number of para-hydroxylation sites is 1. The number of hydrogen-bond acceptors (Lipinski definition) is 3. The lowest BCUT2D eigenvalue weighted by Crippen LogP contribution is -2.12. The summed E-state index contributed by atoms with van der Waals surface area (Å²) in [5.74, 6) is 0. The highest BCUT2D eigenvalue weighted by molar-refractivity contribution is 7.16. The molecular formula is C11H14N2OS. The van der Waals surface area contributed by atoms with Crippen molar-refractivity contribution in [2.45, 2.75) is 20.4 Å². The minimum absolute atomic E-state index is 0.123. The number of nitrogens with zero attached hydrogens (tertiary/aromatic N) is 1. The number of benzene rings is 1. The summed E-state index contributed by atoms with van der Waals surface area (Å²) in [4.78, 5) is 11.8. The minimum atomic E-state index is 0.123. The molecule has 1 aromatic heterocycles. The van der Waals surface area contributed by atoms with Gasteiger partial charge in [0.15, 0.2) is 0 Å². The molecule has 4 heteroatoms. The van der Waals surface area contributed by atoms with Gasteiger partial charge in [-0.1, -0.05) is 17.4 Å². The number of fused-ring (bicyclic) bond motifs is 1. The van der Waals surface area contributed by atoms with Crippen molar-refractivity contribution in [3.63, 3.8) is 0 Å². The second-order valence-corrected chi connectivity index (χ2v) is 4.29. The number of aryl methyl sites for hydroxylation is 1. The fourth-order valence-corrected chi connectivity index (χ4v) is 2.73. The Balaban J connectivity index is 2.75. The number of nitrogens with one attached hydrogen (secondary N) is 1. The highest BCUT2D eigenvalue weighted by Gasteiger charge is 2.09. The molecule has 80 valence electrons. The van der Waals surface area contributed by atoms with E-state index < -0.39 is 0 Å². The van der Waals surface area contributed by atoms with Crippen molar-refractivity contribution in [1.82, 2.24) is 4.57 Å². The number of anilines is 1. The summed E-state index contributed by atoms with van der Waals surface area (Å²) in [5.41, 5.74) is 2.09. The molecule has 0 aliphatic heterocycles. The molecule has 2 aromatic rings. The third kappa shape index (κ3) is 1.65. The van der Waals surface area contributed by atoms with Crippen molar-refractivity contribution in [3.8, 4) is 0 Å². The molecular weight excluding hydrogens is 208 g/mol. The van der Waals surface area contributed by atoms with Gasteiger partial charge in [-0.25, -0.2) is 0 Å². The number of aromatic nitrogens is 1. The van der Waals surface area contributed by atoms with Crippen LogP contribution in [0.25, 0.3) is 10.2 Å². The van der Waals surface area contributed by atoms with E-state index in [0.29, 0.717) is 0 Å². The molecule has 0 spiro atoms. The molecule has 0 bridgehead atoms. The first kappa shape index (κ1) is 10.2. The first-order valence-corrected chi connectivity index (χ1v) is 5.95. The molecule has 0 amide bonds. The van der Waals surface area contributed by atoms with Gasteiger partial charge in [-0.05, 0) is 26.0 Å². The van der Waals surface area contributed by atoms with Crippen LogP contribution in [0.15, 0.2) is 23.0 Å². The Morgan fingerprint density at radius 1 is 1.40 bits per heavy atom. The number of thiazole rings is 1. The third-order valence-electron chi connectivity index (χ3n) is 2.37. The monoisotopic (exact) mass is 222 g/mol. The molecule has 1 aromatic carbocycles. The molecule has 15 heavy (non-hydrogen) atoms. The van der Waals surface area contributed by atoms with Crippen molar-refractivity contribution in [1.29, 1.82) is 0 Å². The molecule has 1 heterocycles. The van der Waals surface area contributed by atoms with Gasteiger partial charge < -0.3 is 5.32 Å². The number of hydrogen-bond donors (Lipinski definition) is 1. The van der Waals surface area contributed by atoms with Gasteiger partial charge in [0.2, 0.25) is 0 Å². The molecule has 0 atom stereocenters. The average molecular weight is 222 g/mol. The van der Waals surface area contributed by atoms with E-state index in [1.807, 2.05) is 29.7 Å². The Bertz CT molecular complexity index is 527. The van der Waals surface area contributed by atoms with Crippen LogP contribution in [0.4, 0.5) is 5.69 Å². The smallest absolute Gasteiger partial charge is 0.308 e. The Morgan fingerprint density at radius 2 is 2.20 bits per heavy atom. The van der Waals surface area contributed by atoms with Crippen molar-refractivity contribution >= 4 is 27.2 Å². The van der Waals surface area contributed by atoms with E-state index in [0.717, 1.165) is 29.0 Å². The van der Waals surface area contributed by atoms with E-state index in [1.54, 1.807) is 0 Å². The summed E-state index contributed by atoms with van der Waals surface area (Å²) in [6.07, 6.45) is 0. The molecule has 0 aliphatic carbocycles. The molecule has 0 radical (unpaired) electrons. The Hall–Kier alpha value is -1.29. The second-order valence-electron chi connectivity index (χ2n) is 3.29. The molecule has 0 saturated carbocycles. The van der Waals surface area contributed by atoms with Crippen LogP contribution in [0.3, 0.4) is 0 Å². The van der Waals surface area contributed by atoms with Crippen LogP contribution in [0.2, 0.25) is 0 Å². The molecule has 0 unspecified atom stereocenters. The van der Waals surface area contributed by atoms with E-state index in [1.165, 1.54) is 11.3 Å². The first-order chi connectivity index (χ1) is 7.27. The van der Waals surface area contributed by atoms with Gasteiger partial charge in [0, 0.05) is 13.1 Å². The van der Waals surface area contributed by atoms with Gasteiger partial charge in [-0.3, -0.25) is 9.36 Å². The topological polar surface area (TPSA) is 34.0 Å². The lowest BCUT2D eigenvalue weighted by Gasteiger charge is -2.07. The molecule has 0 fully saturated rings. The highest BCUT2D eigenvalue weighted by Crippen LogP contribution is 2.25. The summed E-state index contributed by atoms with van der Waals surface area (Å²) >= 11 is 1.31. The van der Waals surface area contributed by atoms with Crippen LogP contribution < -0.4 is 10.2 Å². The number of rotatable bonds is 3. The predicted molar refractivity (Wildman–Crippen MR) is 65.9 cm³/mol. The molecule has 3 nitrogen and oxygen atoms in total. The maximum atomic E-state index is 11.7. The molecule has 0 saturated heterocycles. The van der Waals surface area contributed by atoms with Crippen LogP contribution >= 0.6 is 11.3 Å². The fraction of sp³-hybridized carbons (Fsp3) is 0.364. The predicted octanol–water partition coefficient (Wildman–Crippen LogP) is 2.51. The summed E-state index contributed by atoms with van der Waals surface area (Å²) in [6, 6.07) is 5.99. The standard InChI is InChI=1S/C11H14N2OS/c1-3-12-8-6-5-7-9-10(8)13(4-2)11(14)15-9/h5-7,12H,3-4H2,1-2H3. The third-order valence-corrected chi connectivity index (χ3v) is 3.31. The molecule has 0 aliphatic rings. The maximum Gasteiger partial charge on any atom is 0.308 e. The quantitative estimate of drug-likeness (QED) is 0.865. The van der Waals surface area contributed by atoms with Gasteiger partial charge in [0.25, 0.3) is 0 Å². The second kappa shape index (κ2) is 4.06. The van der Waals surface area contributed by atoms with Crippen molar-refractivity contribution < 1.29 is 0 Å². The summed E-state index contributed by atoms with van der Waals surface area (Å²) in [7, 11) is 0. The minimum Gasteiger partial charge on any atom is -0.384 e. The van der Waals surface area contributed by atoms with Gasteiger partial charge in [0.1, 0.15) is 0 Å². The summed E-state index contributed by atoms with van der Waals surface area (Å²) in [5, 5.41) is 3.29. The lowest BCUT2D eigenvalue weighted by molar-refractivity contribution is 0.779. The van der Waals surface area contributed by atoms with E-state index in [-0.39, 0.29) is 4.87 Å². The SMILES string of the molecule is CCNc1cccc2sc(=O)n(CC)c12. The van der Waals surface area contributed by atoms with E-state index in [4.69, 9.17) is 0 Å². The van der Waals surface area contributed by atoms with Gasteiger partial charge in [-0.15, -0.1) is 0 Å². The van der Waals surface area contributed by atoms with E-state index in [9.17, 15) is 4.79 Å². The average Bonchev–Trinajstić information content (AvgIpc) is 2.55. The molecule has 1 N–H and O–H groups in total. The van der Waals surface area contributed by atoms with E-state index >= 15 is 0 Å². The van der Waals surface area contributed by atoms with E-state index in [2.05, 4.69) is 12.2 Å². The zero-order valence-corrected chi connectivity index (χ0v) is 9.73. The lowest BCUT2D eigenvalue weighted by atomic mass is 10.3. The van der Waals surface area contributed by atoms with Crippen LogP contribution in [-0.2, 0) is 6.54 Å². The van der Waals surface area contributed by atoms with Crippen LogP contribution in [-0.4, -0.2) is 11.1 Å². The Morgan fingerprint density at radius 3 is 2.87 bits per heavy atom. The van der Waals surface area contributed by atoms with Crippen molar-refractivity contribution in [2.75, 3.05) is 11.9 Å². The fourth-order valence-electron chi connectivity index (χ4n) is 1.74. The van der Waals surface area contributed by atoms with Crippen molar-refractivity contribution in [3.05, 3.63) is 27.9 Å². The van der Waals surface area contributed by atoms with Crippen LogP contribution in [0, 0.1) is 0 Å². The van der Waals surface area contributed by atoms with Crippen molar-refractivity contribution in [2.24, 2.45) is 0 Å². The normalized spacial score (nSPS) is 10.8. The Kier molecular flexibility index (Phi) is 2.77. The summed E-state index contributed by atoms with van der Waals surface area (Å²) < 4.78 is 2.87. The zero-order valence-electron chi connectivity index (χ0n) is 8.91. The van der Waals surface area contributed by atoms with Gasteiger partial charge in [0.05, 0.1) is 15.9 Å². The highest BCUT2D eigenvalue weighted by atomic mass is 32.1. The Labute approximate surface area is 92.4 Å².